The molecule has 0 aliphatic carbocycles. The first kappa shape index (κ1) is 10.7. The second-order valence-electron chi connectivity index (χ2n) is 3.54. The lowest BCUT2D eigenvalue weighted by atomic mass is 10.0. The maximum absolute atomic E-state index is 8.65. The van der Waals surface area contributed by atoms with Crippen molar-refractivity contribution in [3.05, 3.63) is 59.1 Å². The van der Waals surface area contributed by atoms with Gasteiger partial charge in [-0.15, -0.1) is 0 Å². The van der Waals surface area contributed by atoms with Crippen LogP contribution in [-0.4, -0.2) is 0 Å². The summed E-state index contributed by atoms with van der Waals surface area (Å²) in [7, 11) is 0. The third-order valence-electron chi connectivity index (χ3n) is 2.39. The van der Waals surface area contributed by atoms with Crippen LogP contribution in [0.5, 0.6) is 0 Å². The van der Waals surface area contributed by atoms with Crippen LogP contribution >= 0.6 is 11.6 Å². The average molecular weight is 228 g/mol. The first-order valence-corrected chi connectivity index (χ1v) is 5.39. The lowest BCUT2D eigenvalue weighted by Gasteiger charge is -2.03. The first-order chi connectivity index (χ1) is 7.79. The largest absolute Gasteiger partial charge is 0.198 e. The maximum Gasteiger partial charge on any atom is 0.0669 e. The molecule has 0 aromatic heterocycles. The van der Waals surface area contributed by atoms with E-state index in [0.29, 0.717) is 6.42 Å². The van der Waals surface area contributed by atoms with Crippen molar-refractivity contribution in [2.24, 2.45) is 0 Å². The van der Waals surface area contributed by atoms with E-state index in [1.165, 1.54) is 0 Å². The zero-order chi connectivity index (χ0) is 11.4. The van der Waals surface area contributed by atoms with Gasteiger partial charge in [0.25, 0.3) is 0 Å². The van der Waals surface area contributed by atoms with E-state index in [1.807, 2.05) is 48.5 Å². The van der Waals surface area contributed by atoms with E-state index in [-0.39, 0.29) is 0 Å². The Hall–Kier alpha value is -1.78. The summed E-state index contributed by atoms with van der Waals surface area (Å²) in [5, 5.41) is 9.38. The third kappa shape index (κ3) is 2.42. The Balaban J connectivity index is 2.37. The number of halogens is 1. The molecule has 0 saturated carbocycles. The summed E-state index contributed by atoms with van der Waals surface area (Å²) in [6, 6.07) is 17.8. The van der Waals surface area contributed by atoms with Gasteiger partial charge in [-0.25, -0.2) is 0 Å². The van der Waals surface area contributed by atoms with Crippen molar-refractivity contribution in [3.63, 3.8) is 0 Å². The standard InChI is InChI=1S/C14H10ClN/c15-14-6-4-12(5-7-14)13-3-1-2-11(10-13)8-9-16/h1-7,10H,8H2. The van der Waals surface area contributed by atoms with Gasteiger partial charge in [-0.05, 0) is 28.8 Å². The van der Waals surface area contributed by atoms with Crippen LogP contribution in [0.1, 0.15) is 5.56 Å². The molecule has 78 valence electrons. The van der Waals surface area contributed by atoms with Crippen molar-refractivity contribution in [1.82, 2.24) is 0 Å². The van der Waals surface area contributed by atoms with Crippen molar-refractivity contribution >= 4 is 11.6 Å². The minimum atomic E-state index is 0.446. The molecule has 0 spiro atoms. The van der Waals surface area contributed by atoms with Gasteiger partial charge in [0.2, 0.25) is 0 Å². The summed E-state index contributed by atoms with van der Waals surface area (Å²) < 4.78 is 0. The van der Waals surface area contributed by atoms with Gasteiger partial charge in [-0.1, -0.05) is 48.0 Å². The third-order valence-corrected chi connectivity index (χ3v) is 2.64. The van der Waals surface area contributed by atoms with Crippen LogP contribution < -0.4 is 0 Å². The fourth-order valence-corrected chi connectivity index (χ4v) is 1.72. The van der Waals surface area contributed by atoms with Crippen LogP contribution in [0.2, 0.25) is 5.02 Å². The topological polar surface area (TPSA) is 23.8 Å². The number of nitrogens with zero attached hydrogens (tertiary/aromatic N) is 1. The van der Waals surface area contributed by atoms with Crippen LogP contribution in [-0.2, 0) is 6.42 Å². The number of benzene rings is 2. The minimum Gasteiger partial charge on any atom is -0.198 e. The maximum atomic E-state index is 8.65. The Morgan fingerprint density at radius 3 is 2.44 bits per heavy atom. The van der Waals surface area contributed by atoms with E-state index in [1.54, 1.807) is 0 Å². The number of rotatable bonds is 2. The molecule has 0 fully saturated rings. The SMILES string of the molecule is N#CCc1cccc(-c2ccc(Cl)cc2)c1. The molecule has 0 radical (unpaired) electrons. The molecule has 0 heterocycles. The fourth-order valence-electron chi connectivity index (χ4n) is 1.59. The molecule has 2 aromatic carbocycles. The van der Waals surface area contributed by atoms with Crippen molar-refractivity contribution in [3.8, 4) is 17.2 Å². The van der Waals surface area contributed by atoms with Crippen molar-refractivity contribution in [2.45, 2.75) is 6.42 Å². The van der Waals surface area contributed by atoms with E-state index in [0.717, 1.165) is 21.7 Å². The predicted octanol–water partition coefficient (Wildman–Crippen LogP) is 4.07. The summed E-state index contributed by atoms with van der Waals surface area (Å²) in [6.45, 7) is 0. The fraction of sp³-hybridized carbons (Fsp3) is 0.0714. The van der Waals surface area contributed by atoms with E-state index in [2.05, 4.69) is 6.07 Å². The summed E-state index contributed by atoms with van der Waals surface area (Å²) in [5.41, 5.74) is 3.27. The molecular weight excluding hydrogens is 218 g/mol. The van der Waals surface area contributed by atoms with Crippen LogP contribution in [0.15, 0.2) is 48.5 Å². The Labute approximate surface area is 99.9 Å². The van der Waals surface area contributed by atoms with Crippen LogP contribution in [0.3, 0.4) is 0 Å². The van der Waals surface area contributed by atoms with Gasteiger partial charge in [-0.3, -0.25) is 0 Å². The van der Waals surface area contributed by atoms with Crippen LogP contribution in [0.4, 0.5) is 0 Å². The van der Waals surface area contributed by atoms with Gasteiger partial charge in [0.1, 0.15) is 0 Å². The summed E-state index contributed by atoms with van der Waals surface area (Å²) >= 11 is 5.84. The molecule has 0 bridgehead atoms. The zero-order valence-electron chi connectivity index (χ0n) is 8.65. The van der Waals surface area contributed by atoms with Crippen molar-refractivity contribution in [2.75, 3.05) is 0 Å². The molecule has 16 heavy (non-hydrogen) atoms. The number of nitriles is 1. The molecule has 2 rings (SSSR count). The molecular formula is C14H10ClN. The van der Waals surface area contributed by atoms with E-state index < -0.39 is 0 Å². The minimum absolute atomic E-state index is 0.446. The molecule has 1 nitrogen and oxygen atoms in total. The number of hydrogen-bond acceptors (Lipinski definition) is 1. The molecule has 0 unspecified atom stereocenters. The molecule has 0 amide bonds. The summed E-state index contributed by atoms with van der Waals surface area (Å²) in [5.74, 6) is 0. The average Bonchev–Trinajstić information content (AvgIpc) is 2.31. The van der Waals surface area contributed by atoms with Gasteiger partial charge < -0.3 is 0 Å². The molecule has 2 aromatic rings. The van der Waals surface area contributed by atoms with Crippen LogP contribution in [0.25, 0.3) is 11.1 Å². The number of hydrogen-bond donors (Lipinski definition) is 0. The highest BCUT2D eigenvalue weighted by Gasteiger charge is 1.99. The lowest BCUT2D eigenvalue weighted by molar-refractivity contribution is 1.26. The second-order valence-corrected chi connectivity index (χ2v) is 3.98. The molecule has 0 aliphatic heterocycles. The Morgan fingerprint density at radius 1 is 1.00 bits per heavy atom. The predicted molar refractivity (Wildman–Crippen MR) is 66.2 cm³/mol. The smallest absolute Gasteiger partial charge is 0.0669 e. The molecule has 0 atom stereocenters. The lowest BCUT2D eigenvalue weighted by Crippen LogP contribution is -1.83. The second kappa shape index (κ2) is 4.83. The Morgan fingerprint density at radius 2 is 1.75 bits per heavy atom. The Kier molecular flexibility index (Phi) is 3.24. The molecule has 0 saturated heterocycles. The van der Waals surface area contributed by atoms with Gasteiger partial charge in [0.05, 0.1) is 12.5 Å². The van der Waals surface area contributed by atoms with Gasteiger partial charge in [0.15, 0.2) is 0 Å². The van der Waals surface area contributed by atoms with Crippen molar-refractivity contribution in [1.29, 1.82) is 5.26 Å². The normalized spacial score (nSPS) is 9.75. The van der Waals surface area contributed by atoms with Gasteiger partial charge in [0, 0.05) is 5.02 Å². The van der Waals surface area contributed by atoms with E-state index in [4.69, 9.17) is 16.9 Å². The molecule has 0 N–H and O–H groups in total. The van der Waals surface area contributed by atoms with Gasteiger partial charge in [-0.2, -0.15) is 5.26 Å². The highest BCUT2D eigenvalue weighted by Crippen LogP contribution is 2.22. The van der Waals surface area contributed by atoms with Crippen LogP contribution in [0, 0.1) is 11.3 Å². The van der Waals surface area contributed by atoms with E-state index >= 15 is 0 Å². The van der Waals surface area contributed by atoms with Gasteiger partial charge >= 0.3 is 0 Å². The molecule has 2 heteroatoms. The highest BCUT2D eigenvalue weighted by molar-refractivity contribution is 6.30. The van der Waals surface area contributed by atoms with E-state index in [9.17, 15) is 0 Å². The first-order valence-electron chi connectivity index (χ1n) is 5.01. The highest BCUT2D eigenvalue weighted by atomic mass is 35.5. The Bertz CT molecular complexity index is 523. The summed E-state index contributed by atoms with van der Waals surface area (Å²) in [6.07, 6.45) is 0.446. The quantitative estimate of drug-likeness (QED) is 0.759. The zero-order valence-corrected chi connectivity index (χ0v) is 9.41. The summed E-state index contributed by atoms with van der Waals surface area (Å²) in [4.78, 5) is 0. The monoisotopic (exact) mass is 227 g/mol. The van der Waals surface area contributed by atoms with Crippen molar-refractivity contribution < 1.29 is 0 Å². The molecule has 0 aliphatic rings.